The van der Waals surface area contributed by atoms with Crippen LogP contribution in [0, 0.1) is 3.57 Å². The zero-order chi connectivity index (χ0) is 14.9. The fourth-order valence-corrected chi connectivity index (χ4v) is 3.37. The number of hydrogen-bond donors (Lipinski definition) is 0. The molecular weight excluding hydrogens is 405 g/mol. The van der Waals surface area contributed by atoms with Gasteiger partial charge in [-0.1, -0.05) is 29.5 Å². The van der Waals surface area contributed by atoms with E-state index in [-0.39, 0.29) is 0 Å². The van der Waals surface area contributed by atoms with Gasteiger partial charge in [0.1, 0.15) is 4.83 Å². The van der Waals surface area contributed by atoms with Crippen molar-refractivity contribution >= 4 is 60.7 Å². The van der Waals surface area contributed by atoms with Crippen LogP contribution in [0.1, 0.15) is 0 Å². The van der Waals surface area contributed by atoms with Crippen LogP contribution in [-0.2, 0) is 0 Å². The molecule has 3 nitrogen and oxygen atoms in total. The van der Waals surface area contributed by atoms with E-state index in [4.69, 9.17) is 4.98 Å². The summed E-state index contributed by atoms with van der Waals surface area (Å²) in [6.07, 6.45) is 1.84. The summed E-state index contributed by atoms with van der Waals surface area (Å²) in [6, 6.07) is 18.3. The van der Waals surface area contributed by atoms with Gasteiger partial charge < -0.3 is 0 Å². The quantitative estimate of drug-likeness (QED) is 0.335. The Hall–Kier alpha value is -1.86. The van der Waals surface area contributed by atoms with Crippen LogP contribution in [0.15, 0.2) is 65.8 Å². The van der Waals surface area contributed by atoms with Gasteiger partial charge in [-0.15, -0.1) is 0 Å². The van der Waals surface area contributed by atoms with Crippen molar-refractivity contribution in [3.63, 3.8) is 0 Å². The van der Waals surface area contributed by atoms with Crippen molar-refractivity contribution in [2.45, 2.75) is 0 Å². The largest absolute Gasteiger partial charge is 0.237 e. The van der Waals surface area contributed by atoms with E-state index in [0.717, 1.165) is 31.6 Å². The molecule has 2 aromatic carbocycles. The van der Waals surface area contributed by atoms with E-state index in [0.29, 0.717) is 0 Å². The molecule has 5 heteroatoms. The lowest BCUT2D eigenvalue weighted by Gasteiger charge is -2.00. The summed E-state index contributed by atoms with van der Waals surface area (Å²) in [7, 11) is 0. The molecule has 4 aromatic rings. The van der Waals surface area contributed by atoms with Crippen LogP contribution in [0.4, 0.5) is 5.69 Å². The summed E-state index contributed by atoms with van der Waals surface area (Å²) in [5.41, 5.74) is 1.90. The first kappa shape index (κ1) is 13.8. The highest BCUT2D eigenvalue weighted by Gasteiger charge is 2.01. The van der Waals surface area contributed by atoms with Gasteiger partial charge in [-0.3, -0.25) is 0 Å². The zero-order valence-electron chi connectivity index (χ0n) is 11.4. The monoisotopic (exact) mass is 415 g/mol. The number of benzene rings is 2. The Balaban J connectivity index is 1.89. The third-order valence-electron chi connectivity index (χ3n) is 3.27. The molecule has 0 amide bonds. The van der Waals surface area contributed by atoms with E-state index >= 15 is 0 Å². The number of halogens is 1. The summed E-state index contributed by atoms with van der Waals surface area (Å²) in [5.74, 6) is 0. The van der Waals surface area contributed by atoms with E-state index in [2.05, 4.69) is 44.7 Å². The molecule has 0 bridgehead atoms. The maximum Gasteiger partial charge on any atom is 0.211 e. The number of fused-ring (bicyclic) bond motifs is 2. The first-order valence-corrected chi connectivity index (χ1v) is 8.63. The Bertz CT molecular complexity index is 1040. The molecule has 0 N–H and O–H groups in total. The Morgan fingerprint density at radius 1 is 0.955 bits per heavy atom. The second-order valence-electron chi connectivity index (χ2n) is 4.81. The number of pyridine rings is 1. The first-order chi connectivity index (χ1) is 10.8. The van der Waals surface area contributed by atoms with Crippen molar-refractivity contribution in [2.24, 2.45) is 4.99 Å². The van der Waals surface area contributed by atoms with Crippen LogP contribution < -0.4 is 4.80 Å². The minimum absolute atomic E-state index is 0.719. The average molecular weight is 415 g/mol. The molecule has 0 saturated carbocycles. The molecule has 22 heavy (non-hydrogen) atoms. The van der Waals surface area contributed by atoms with Crippen molar-refractivity contribution in [1.29, 1.82) is 0 Å². The van der Waals surface area contributed by atoms with Crippen LogP contribution in [0.2, 0.25) is 0 Å². The van der Waals surface area contributed by atoms with Crippen LogP contribution in [-0.4, -0.2) is 9.97 Å². The molecule has 0 unspecified atom stereocenters. The Morgan fingerprint density at radius 2 is 1.77 bits per heavy atom. The van der Waals surface area contributed by atoms with Gasteiger partial charge >= 0.3 is 0 Å². The smallest absolute Gasteiger partial charge is 0.211 e. The number of hydrogen-bond acceptors (Lipinski definition) is 4. The number of rotatable bonds is 1. The van der Waals surface area contributed by atoms with E-state index in [1.54, 1.807) is 0 Å². The Kier molecular flexibility index (Phi) is 3.59. The minimum Gasteiger partial charge on any atom is -0.237 e. The van der Waals surface area contributed by atoms with Gasteiger partial charge in [-0.2, -0.15) is 0 Å². The second kappa shape index (κ2) is 5.73. The lowest BCUT2D eigenvalue weighted by molar-refractivity contribution is 1.22. The molecule has 0 fully saturated rings. The van der Waals surface area contributed by atoms with Crippen LogP contribution in [0.5, 0.6) is 0 Å². The molecule has 2 heterocycles. The molecule has 0 spiro atoms. The highest BCUT2D eigenvalue weighted by Crippen LogP contribution is 2.20. The third-order valence-corrected chi connectivity index (χ3v) is 4.89. The van der Waals surface area contributed by atoms with E-state index in [9.17, 15) is 0 Å². The molecular formula is C17H10IN3S. The molecule has 2 aromatic heterocycles. The molecule has 0 radical (unpaired) electrons. The predicted octanol–water partition coefficient (Wildman–Crippen LogP) is 4.68. The van der Waals surface area contributed by atoms with Crippen LogP contribution in [0.3, 0.4) is 0 Å². The molecule has 0 aliphatic rings. The van der Waals surface area contributed by atoms with Crippen molar-refractivity contribution in [1.82, 2.24) is 9.97 Å². The fourth-order valence-electron chi connectivity index (χ4n) is 2.20. The van der Waals surface area contributed by atoms with Crippen LogP contribution >= 0.6 is 33.9 Å². The summed E-state index contributed by atoms with van der Waals surface area (Å²) < 4.78 is 1.19. The Morgan fingerprint density at radius 3 is 2.64 bits per heavy atom. The second-order valence-corrected chi connectivity index (χ2v) is 7.01. The number of para-hydroxylation sites is 1. The van der Waals surface area contributed by atoms with E-state index in [1.807, 2.05) is 48.7 Å². The molecule has 4 rings (SSSR count). The van der Waals surface area contributed by atoms with Gasteiger partial charge in [0, 0.05) is 20.5 Å². The molecule has 0 aliphatic heterocycles. The Labute approximate surface area is 144 Å². The summed E-state index contributed by atoms with van der Waals surface area (Å²) >= 11 is 3.79. The molecule has 0 aliphatic carbocycles. The SMILES string of the molecule is Ic1ccc(N=c2ncc3cc4ccccc4nc3s2)cc1. The van der Waals surface area contributed by atoms with Gasteiger partial charge in [-0.05, 0) is 59.0 Å². The average Bonchev–Trinajstić information content (AvgIpc) is 2.55. The van der Waals surface area contributed by atoms with Gasteiger partial charge in [0.05, 0.1) is 11.2 Å². The van der Waals surface area contributed by atoms with Gasteiger partial charge in [0.15, 0.2) is 0 Å². The van der Waals surface area contributed by atoms with Crippen molar-refractivity contribution < 1.29 is 0 Å². The van der Waals surface area contributed by atoms with Gasteiger partial charge in [0.25, 0.3) is 0 Å². The maximum atomic E-state index is 4.71. The third kappa shape index (κ3) is 2.74. The normalized spacial score (nSPS) is 12.1. The first-order valence-electron chi connectivity index (χ1n) is 6.74. The zero-order valence-corrected chi connectivity index (χ0v) is 14.4. The lowest BCUT2D eigenvalue weighted by Crippen LogP contribution is -2.01. The maximum absolute atomic E-state index is 4.71. The molecule has 0 atom stereocenters. The summed E-state index contributed by atoms with van der Waals surface area (Å²) in [4.78, 5) is 15.4. The van der Waals surface area contributed by atoms with Crippen LogP contribution in [0.25, 0.3) is 21.1 Å². The standard InChI is InChI=1S/C17H10IN3S/c18-13-5-7-14(8-6-13)20-17-19-10-12-9-11-3-1-2-4-15(11)21-16(12)22-17/h1-10H. The topological polar surface area (TPSA) is 38.1 Å². The summed E-state index contributed by atoms with van der Waals surface area (Å²) in [6.45, 7) is 0. The highest BCUT2D eigenvalue weighted by atomic mass is 127. The fraction of sp³-hybridized carbons (Fsp3) is 0. The van der Waals surface area contributed by atoms with Gasteiger partial charge in [-0.25, -0.2) is 15.0 Å². The molecule has 106 valence electrons. The van der Waals surface area contributed by atoms with Gasteiger partial charge in [0.2, 0.25) is 4.80 Å². The van der Waals surface area contributed by atoms with E-state index < -0.39 is 0 Å². The van der Waals surface area contributed by atoms with E-state index in [1.165, 1.54) is 14.9 Å². The van der Waals surface area contributed by atoms with Crippen molar-refractivity contribution in [2.75, 3.05) is 0 Å². The molecule has 0 saturated heterocycles. The lowest BCUT2D eigenvalue weighted by atomic mass is 10.2. The number of nitrogens with zero attached hydrogens (tertiary/aromatic N) is 3. The van der Waals surface area contributed by atoms with Crippen molar-refractivity contribution in [3.05, 3.63) is 69.2 Å². The summed E-state index contributed by atoms with van der Waals surface area (Å²) in [5, 5.41) is 2.18. The minimum atomic E-state index is 0.719. The van der Waals surface area contributed by atoms with Crippen molar-refractivity contribution in [3.8, 4) is 0 Å². The predicted molar refractivity (Wildman–Crippen MR) is 99.3 cm³/mol. The highest BCUT2D eigenvalue weighted by molar-refractivity contribution is 14.1. The number of aromatic nitrogens is 2.